The van der Waals surface area contributed by atoms with Gasteiger partial charge in [0.05, 0.1) is 16.9 Å². The normalized spacial score (nSPS) is 19.5. The van der Waals surface area contributed by atoms with Crippen molar-refractivity contribution in [3.63, 3.8) is 0 Å². The first-order valence-electron chi connectivity index (χ1n) is 9.53. The first-order valence-corrected chi connectivity index (χ1v) is 9.91. The lowest BCUT2D eigenvalue weighted by Gasteiger charge is -2.29. The van der Waals surface area contributed by atoms with Gasteiger partial charge in [-0.1, -0.05) is 43.5 Å². The Morgan fingerprint density at radius 3 is 2.73 bits per heavy atom. The average molecular weight is 368 g/mol. The molecule has 2 aliphatic rings. The molecule has 0 amide bonds. The van der Waals surface area contributed by atoms with Gasteiger partial charge in [0.1, 0.15) is 11.5 Å². The summed E-state index contributed by atoms with van der Waals surface area (Å²) in [5.74, 6) is 3.18. The van der Waals surface area contributed by atoms with E-state index in [0.717, 1.165) is 41.9 Å². The molecule has 1 saturated carbocycles. The average Bonchev–Trinajstić information content (AvgIpc) is 3.39. The number of aromatic nitrogens is 5. The summed E-state index contributed by atoms with van der Waals surface area (Å²) in [6.07, 6.45) is 8.21. The number of hydrogen-bond acceptors (Lipinski definition) is 3. The van der Waals surface area contributed by atoms with Gasteiger partial charge in [-0.15, -0.1) is 10.2 Å². The van der Waals surface area contributed by atoms with Gasteiger partial charge in [-0.2, -0.15) is 5.10 Å². The maximum absolute atomic E-state index is 6.48. The van der Waals surface area contributed by atoms with Crippen LogP contribution in [0.4, 0.5) is 0 Å². The molecule has 3 aromatic rings. The molecule has 0 N–H and O–H groups in total. The van der Waals surface area contributed by atoms with Crippen molar-refractivity contribution in [3.05, 3.63) is 46.9 Å². The number of aryl methyl sites for hydroxylation is 1. The summed E-state index contributed by atoms with van der Waals surface area (Å²) in [6.45, 7) is 3.11. The van der Waals surface area contributed by atoms with E-state index in [1.165, 1.54) is 31.2 Å². The van der Waals surface area contributed by atoms with Crippen LogP contribution in [0.5, 0.6) is 0 Å². The first-order chi connectivity index (χ1) is 12.8. The Morgan fingerprint density at radius 1 is 1.15 bits per heavy atom. The predicted octanol–water partition coefficient (Wildman–Crippen LogP) is 4.63. The SMILES string of the molecule is CCc1nnc2n1CC(C1CCCC1)c1cnn(-c3ccccc3Cl)c1-2. The summed E-state index contributed by atoms with van der Waals surface area (Å²) >= 11 is 6.48. The lowest BCUT2D eigenvalue weighted by Crippen LogP contribution is -2.24. The molecule has 1 unspecified atom stereocenters. The molecular formula is C20H22ClN5. The minimum Gasteiger partial charge on any atom is -0.309 e. The van der Waals surface area contributed by atoms with Crippen molar-refractivity contribution in [2.24, 2.45) is 5.92 Å². The number of rotatable bonds is 3. The summed E-state index contributed by atoms with van der Waals surface area (Å²) < 4.78 is 4.26. The van der Waals surface area contributed by atoms with E-state index < -0.39 is 0 Å². The van der Waals surface area contributed by atoms with Crippen LogP contribution in [-0.4, -0.2) is 24.5 Å². The topological polar surface area (TPSA) is 48.5 Å². The minimum absolute atomic E-state index is 0.484. The van der Waals surface area contributed by atoms with Crippen molar-refractivity contribution in [3.8, 4) is 17.2 Å². The molecule has 5 nitrogen and oxygen atoms in total. The molecule has 26 heavy (non-hydrogen) atoms. The van der Waals surface area contributed by atoms with Gasteiger partial charge in [0, 0.05) is 24.4 Å². The summed E-state index contributed by atoms with van der Waals surface area (Å²) in [4.78, 5) is 0. The maximum Gasteiger partial charge on any atom is 0.183 e. The standard InChI is InChI=1S/C20H22ClN5/c1-2-18-23-24-20-19-14(15(12-25(18)20)13-7-3-4-8-13)11-22-26(19)17-10-6-5-9-16(17)21/h5-6,9-11,13,15H,2-4,7-8,12H2,1H3. The van der Waals surface area contributed by atoms with Gasteiger partial charge in [0.15, 0.2) is 5.82 Å². The highest BCUT2D eigenvalue weighted by atomic mass is 35.5. The lowest BCUT2D eigenvalue weighted by molar-refractivity contribution is 0.378. The van der Waals surface area contributed by atoms with Crippen molar-refractivity contribution >= 4 is 11.6 Å². The van der Waals surface area contributed by atoms with Crippen LogP contribution < -0.4 is 0 Å². The Kier molecular flexibility index (Phi) is 3.85. The van der Waals surface area contributed by atoms with Crippen LogP contribution in [0, 0.1) is 5.92 Å². The Balaban J connectivity index is 1.72. The van der Waals surface area contributed by atoms with Crippen LogP contribution >= 0.6 is 11.6 Å². The van der Waals surface area contributed by atoms with Gasteiger partial charge in [0.2, 0.25) is 0 Å². The molecule has 1 atom stereocenters. The van der Waals surface area contributed by atoms with E-state index in [1.54, 1.807) is 0 Å². The van der Waals surface area contributed by atoms with E-state index >= 15 is 0 Å². The summed E-state index contributed by atoms with van der Waals surface area (Å²) in [7, 11) is 0. The predicted molar refractivity (Wildman–Crippen MR) is 102 cm³/mol. The molecule has 1 aromatic carbocycles. The zero-order valence-corrected chi connectivity index (χ0v) is 15.7. The lowest BCUT2D eigenvalue weighted by atomic mass is 9.83. The molecule has 6 heteroatoms. The third kappa shape index (κ3) is 2.33. The van der Waals surface area contributed by atoms with E-state index in [-0.39, 0.29) is 0 Å². The van der Waals surface area contributed by atoms with E-state index in [9.17, 15) is 0 Å². The van der Waals surface area contributed by atoms with Crippen LogP contribution in [0.15, 0.2) is 30.5 Å². The number of benzene rings is 1. The Bertz CT molecular complexity index is 951. The highest BCUT2D eigenvalue weighted by Gasteiger charge is 2.37. The van der Waals surface area contributed by atoms with Crippen LogP contribution in [0.2, 0.25) is 5.02 Å². The van der Waals surface area contributed by atoms with E-state index in [2.05, 4.69) is 21.7 Å². The molecule has 134 valence electrons. The zero-order chi connectivity index (χ0) is 17.7. The molecule has 2 aromatic heterocycles. The van der Waals surface area contributed by atoms with Crippen molar-refractivity contribution in [2.45, 2.75) is 51.5 Å². The molecule has 3 heterocycles. The summed E-state index contributed by atoms with van der Waals surface area (Å²) in [6, 6.07) is 7.86. The van der Waals surface area contributed by atoms with Crippen LogP contribution in [0.25, 0.3) is 17.2 Å². The molecular weight excluding hydrogens is 346 g/mol. The van der Waals surface area contributed by atoms with Gasteiger partial charge >= 0.3 is 0 Å². The number of hydrogen-bond donors (Lipinski definition) is 0. The third-order valence-corrected chi connectivity index (χ3v) is 6.30. The zero-order valence-electron chi connectivity index (χ0n) is 14.9. The molecule has 0 saturated heterocycles. The molecule has 0 bridgehead atoms. The number of nitrogens with zero attached hydrogens (tertiary/aromatic N) is 5. The highest BCUT2D eigenvalue weighted by molar-refractivity contribution is 6.32. The minimum atomic E-state index is 0.484. The Morgan fingerprint density at radius 2 is 1.96 bits per heavy atom. The molecule has 0 radical (unpaired) electrons. The summed E-state index contributed by atoms with van der Waals surface area (Å²) in [5, 5.41) is 14.4. The van der Waals surface area contributed by atoms with Crippen LogP contribution in [-0.2, 0) is 13.0 Å². The van der Waals surface area contributed by atoms with E-state index in [1.807, 2.05) is 35.1 Å². The van der Waals surface area contributed by atoms with Gasteiger partial charge in [-0.3, -0.25) is 0 Å². The van der Waals surface area contributed by atoms with Crippen molar-refractivity contribution in [1.29, 1.82) is 0 Å². The van der Waals surface area contributed by atoms with Crippen molar-refractivity contribution in [2.75, 3.05) is 0 Å². The fraction of sp³-hybridized carbons (Fsp3) is 0.450. The second kappa shape index (κ2) is 6.23. The fourth-order valence-corrected chi connectivity index (χ4v) is 4.90. The largest absolute Gasteiger partial charge is 0.309 e. The van der Waals surface area contributed by atoms with Crippen molar-refractivity contribution < 1.29 is 0 Å². The number of fused-ring (bicyclic) bond motifs is 3. The van der Waals surface area contributed by atoms with E-state index in [4.69, 9.17) is 16.7 Å². The smallest absolute Gasteiger partial charge is 0.183 e. The van der Waals surface area contributed by atoms with Crippen molar-refractivity contribution in [1.82, 2.24) is 24.5 Å². The second-order valence-corrected chi connectivity index (χ2v) is 7.77. The first kappa shape index (κ1) is 16.1. The summed E-state index contributed by atoms with van der Waals surface area (Å²) in [5.41, 5.74) is 3.27. The number of halogens is 1. The molecule has 5 rings (SSSR count). The second-order valence-electron chi connectivity index (χ2n) is 7.37. The maximum atomic E-state index is 6.48. The van der Waals surface area contributed by atoms with E-state index in [0.29, 0.717) is 10.9 Å². The van der Waals surface area contributed by atoms with Crippen LogP contribution in [0.3, 0.4) is 0 Å². The van der Waals surface area contributed by atoms with Crippen LogP contribution in [0.1, 0.15) is 49.9 Å². The van der Waals surface area contributed by atoms with Gasteiger partial charge in [0.25, 0.3) is 0 Å². The Labute approximate surface area is 158 Å². The molecule has 1 aliphatic carbocycles. The fourth-order valence-electron chi connectivity index (χ4n) is 4.68. The molecule has 0 spiro atoms. The number of para-hydroxylation sites is 1. The Hall–Kier alpha value is -2.14. The highest BCUT2D eigenvalue weighted by Crippen LogP contribution is 2.45. The van der Waals surface area contributed by atoms with Gasteiger partial charge in [-0.25, -0.2) is 4.68 Å². The molecule has 1 aliphatic heterocycles. The quantitative estimate of drug-likeness (QED) is 0.677. The van der Waals surface area contributed by atoms with Gasteiger partial charge in [-0.05, 0) is 30.9 Å². The monoisotopic (exact) mass is 367 g/mol. The molecule has 1 fully saturated rings. The van der Waals surface area contributed by atoms with Gasteiger partial charge < -0.3 is 4.57 Å². The third-order valence-electron chi connectivity index (χ3n) is 5.98.